The molecule has 0 saturated carbocycles. The summed E-state index contributed by atoms with van der Waals surface area (Å²) in [6.07, 6.45) is 2.50. The molecule has 1 atom stereocenters. The summed E-state index contributed by atoms with van der Waals surface area (Å²) in [4.78, 5) is 24.6. The van der Waals surface area contributed by atoms with Gasteiger partial charge in [0.15, 0.2) is 22.6 Å². The Morgan fingerprint density at radius 3 is 2.35 bits per heavy atom. The number of nitrogens with one attached hydrogen (secondary N) is 1. The monoisotopic (exact) mass is 544 g/mol. The van der Waals surface area contributed by atoms with Crippen molar-refractivity contribution >= 4 is 38.4 Å². The summed E-state index contributed by atoms with van der Waals surface area (Å²) in [7, 11) is -3.67. The third-order valence-corrected chi connectivity index (χ3v) is 5.13. The fraction of sp³-hybridized carbons (Fsp3) is 0.304. The van der Waals surface area contributed by atoms with Crippen molar-refractivity contribution in [3.63, 3.8) is 0 Å². The summed E-state index contributed by atoms with van der Waals surface area (Å²) >= 11 is 0. The topological polar surface area (TPSA) is 192 Å². The predicted octanol–water partition coefficient (Wildman–Crippen LogP) is 2.67. The summed E-state index contributed by atoms with van der Waals surface area (Å²) in [6.45, 7) is 1.64. The van der Waals surface area contributed by atoms with Crippen LogP contribution in [0.25, 0.3) is 22.3 Å². The predicted molar refractivity (Wildman–Crippen MR) is 134 cm³/mol. The van der Waals surface area contributed by atoms with Crippen molar-refractivity contribution in [3.05, 3.63) is 57.5 Å². The van der Waals surface area contributed by atoms with Gasteiger partial charge >= 0.3 is 0 Å². The van der Waals surface area contributed by atoms with Crippen molar-refractivity contribution in [2.45, 2.75) is 32.2 Å². The lowest BCUT2D eigenvalue weighted by molar-refractivity contribution is -0.117. The first-order valence-electron chi connectivity index (χ1n) is 10.9. The zero-order valence-corrected chi connectivity index (χ0v) is 20.8. The van der Waals surface area contributed by atoms with Crippen LogP contribution in [0.15, 0.2) is 33.5 Å². The van der Waals surface area contributed by atoms with E-state index < -0.39 is 67.2 Å². The van der Waals surface area contributed by atoms with E-state index in [0.717, 1.165) is 25.5 Å². The molecule has 14 heteroatoms. The second-order valence-corrected chi connectivity index (χ2v) is 9.62. The first-order valence-corrected chi connectivity index (χ1v) is 12.7. The van der Waals surface area contributed by atoms with E-state index in [1.165, 1.54) is 12.1 Å². The van der Waals surface area contributed by atoms with Crippen LogP contribution in [0.4, 0.5) is 24.5 Å². The van der Waals surface area contributed by atoms with E-state index in [4.69, 9.17) is 26.2 Å². The summed E-state index contributed by atoms with van der Waals surface area (Å²) in [5.41, 5.74) is 14.6. The number of nitrogens with two attached hydrogens (primary N) is 3. The maximum absolute atomic E-state index is 14.6. The molecule has 3 rings (SSSR count). The third kappa shape index (κ3) is 7.76. The molecule has 37 heavy (non-hydrogen) atoms. The summed E-state index contributed by atoms with van der Waals surface area (Å²) in [5, 5.41) is 1.98. The van der Waals surface area contributed by atoms with Crippen molar-refractivity contribution in [1.29, 1.82) is 0 Å². The Hall–Kier alpha value is -3.46. The van der Waals surface area contributed by atoms with Crippen LogP contribution in [-0.4, -0.2) is 37.7 Å². The average Bonchev–Trinajstić information content (AvgIpc) is 2.81. The molecule has 0 aliphatic heterocycles. The van der Waals surface area contributed by atoms with Crippen molar-refractivity contribution in [2.24, 2.45) is 11.5 Å². The van der Waals surface area contributed by atoms with Crippen molar-refractivity contribution in [3.8, 4) is 11.3 Å². The van der Waals surface area contributed by atoms with Gasteiger partial charge in [0.05, 0.1) is 29.1 Å². The molecule has 202 valence electrons. The maximum atomic E-state index is 14.6. The number of hydrogen-bond acceptors (Lipinski definition) is 8. The highest BCUT2D eigenvalue weighted by molar-refractivity contribution is 7.85. The van der Waals surface area contributed by atoms with Gasteiger partial charge in [-0.15, -0.1) is 0 Å². The molecule has 8 N–H and O–H groups in total. The standard InChI is InChI=1S/C22H23F3N4O3.CH4O3S/c1-10-18(24)20(28)17-15(30)9-16(32-21(17)19(10)25)11-5-6-14(12(23)8-11)29-22(31)13(27)4-2-3-7-26;1-5(2,3)4/h5-6,8-9,13H,2-4,7,26-28H2,1H3,(H,29,31);1H3,(H,2,3,4). The number of rotatable bonds is 7. The highest BCUT2D eigenvalue weighted by atomic mass is 32.2. The fourth-order valence-corrected chi connectivity index (χ4v) is 3.26. The lowest BCUT2D eigenvalue weighted by Gasteiger charge is -2.13. The number of halogens is 3. The molecule has 0 spiro atoms. The number of hydrogen-bond donors (Lipinski definition) is 5. The van der Waals surface area contributed by atoms with Gasteiger partial charge in [0, 0.05) is 17.2 Å². The zero-order chi connectivity index (χ0) is 28.1. The quantitative estimate of drug-likeness (QED) is 0.169. The van der Waals surface area contributed by atoms with Gasteiger partial charge in [0.1, 0.15) is 11.6 Å². The van der Waals surface area contributed by atoms with Gasteiger partial charge in [0.25, 0.3) is 10.1 Å². The second kappa shape index (κ2) is 12.2. The van der Waals surface area contributed by atoms with Gasteiger partial charge in [0.2, 0.25) is 5.91 Å². The molecule has 1 heterocycles. The first kappa shape index (κ1) is 29.8. The van der Waals surface area contributed by atoms with Crippen LogP contribution in [0, 0.1) is 24.4 Å². The van der Waals surface area contributed by atoms with Gasteiger partial charge in [-0.05, 0) is 44.5 Å². The average molecular weight is 545 g/mol. The van der Waals surface area contributed by atoms with Gasteiger partial charge in [-0.1, -0.05) is 6.42 Å². The Labute approximate surface area is 210 Å². The molecule has 1 aromatic heterocycles. The Morgan fingerprint density at radius 1 is 1.16 bits per heavy atom. The van der Waals surface area contributed by atoms with E-state index in [-0.39, 0.29) is 17.0 Å². The molecule has 1 amide bonds. The lowest BCUT2D eigenvalue weighted by Crippen LogP contribution is -2.35. The molecule has 0 bridgehead atoms. The van der Waals surface area contributed by atoms with E-state index >= 15 is 0 Å². The van der Waals surface area contributed by atoms with Crippen LogP contribution < -0.4 is 27.9 Å². The molecule has 2 aromatic carbocycles. The van der Waals surface area contributed by atoms with Crippen molar-refractivity contribution < 1.29 is 35.4 Å². The number of fused-ring (bicyclic) bond motifs is 1. The van der Waals surface area contributed by atoms with Gasteiger partial charge < -0.3 is 26.9 Å². The molecule has 0 aliphatic rings. The minimum absolute atomic E-state index is 0.103. The largest absolute Gasteiger partial charge is 0.453 e. The summed E-state index contributed by atoms with van der Waals surface area (Å²) < 4.78 is 74.5. The van der Waals surface area contributed by atoms with E-state index in [9.17, 15) is 31.2 Å². The van der Waals surface area contributed by atoms with Gasteiger partial charge in [-0.25, -0.2) is 13.2 Å². The molecular weight excluding hydrogens is 517 g/mol. The molecule has 0 radical (unpaired) electrons. The van der Waals surface area contributed by atoms with E-state index in [1.54, 1.807) is 0 Å². The normalized spacial score (nSPS) is 12.1. The molecule has 0 aliphatic carbocycles. The number of carbonyl (C=O) groups is 1. The van der Waals surface area contributed by atoms with Gasteiger partial charge in [-0.3, -0.25) is 14.1 Å². The van der Waals surface area contributed by atoms with Crippen LogP contribution >= 0.6 is 0 Å². The number of carbonyl (C=O) groups excluding carboxylic acids is 1. The number of amides is 1. The number of nitrogen functional groups attached to an aromatic ring is 1. The van der Waals surface area contributed by atoms with E-state index in [0.29, 0.717) is 25.6 Å². The second-order valence-electron chi connectivity index (χ2n) is 8.15. The molecular formula is C23H27F3N4O6S. The van der Waals surface area contributed by atoms with Crippen LogP contribution in [0.1, 0.15) is 24.8 Å². The van der Waals surface area contributed by atoms with Crippen LogP contribution in [0.3, 0.4) is 0 Å². The summed E-state index contributed by atoms with van der Waals surface area (Å²) in [5.74, 6) is -3.63. The Bertz CT molecular complexity index is 1470. The van der Waals surface area contributed by atoms with E-state index in [2.05, 4.69) is 5.32 Å². The molecule has 0 saturated heterocycles. The minimum Gasteiger partial charge on any atom is -0.453 e. The number of benzene rings is 2. The Balaban J connectivity index is 0.000000877. The van der Waals surface area contributed by atoms with Crippen molar-refractivity contribution in [1.82, 2.24) is 0 Å². The molecule has 1 unspecified atom stereocenters. The van der Waals surface area contributed by atoms with Crippen LogP contribution in [0.2, 0.25) is 0 Å². The van der Waals surface area contributed by atoms with Gasteiger partial charge in [-0.2, -0.15) is 8.42 Å². The fourth-order valence-electron chi connectivity index (χ4n) is 3.26. The Kier molecular flexibility index (Phi) is 9.80. The lowest BCUT2D eigenvalue weighted by atomic mass is 10.1. The molecule has 3 aromatic rings. The number of unbranched alkanes of at least 4 members (excludes halogenated alkanes) is 1. The smallest absolute Gasteiger partial charge is 0.261 e. The van der Waals surface area contributed by atoms with Crippen LogP contribution in [0.5, 0.6) is 0 Å². The van der Waals surface area contributed by atoms with Crippen molar-refractivity contribution in [2.75, 3.05) is 23.9 Å². The zero-order valence-electron chi connectivity index (χ0n) is 20.0. The molecule has 10 nitrogen and oxygen atoms in total. The SMILES string of the molecule is CS(=O)(=O)O.Cc1c(F)c(N)c2c(=O)cc(-c3ccc(NC(=O)C(N)CCCCN)c(F)c3)oc2c1F. The highest BCUT2D eigenvalue weighted by Crippen LogP contribution is 2.32. The highest BCUT2D eigenvalue weighted by Gasteiger charge is 2.21. The minimum atomic E-state index is -3.67. The number of anilines is 2. The molecule has 0 fully saturated rings. The van der Waals surface area contributed by atoms with Crippen LogP contribution in [-0.2, 0) is 14.9 Å². The first-order chi connectivity index (χ1) is 17.1. The Morgan fingerprint density at radius 2 is 1.78 bits per heavy atom. The van der Waals surface area contributed by atoms with E-state index in [1.807, 2.05) is 0 Å². The maximum Gasteiger partial charge on any atom is 0.261 e. The summed E-state index contributed by atoms with van der Waals surface area (Å²) in [6, 6.07) is 3.79. The third-order valence-electron chi connectivity index (χ3n) is 5.13.